The van der Waals surface area contributed by atoms with E-state index in [0.717, 1.165) is 78.0 Å². The smallest absolute Gasteiger partial charge is 0.148 e. The van der Waals surface area contributed by atoms with Gasteiger partial charge in [-0.2, -0.15) is 0 Å². The number of aromatic hydroxyl groups is 1. The van der Waals surface area contributed by atoms with Crippen molar-refractivity contribution in [1.82, 2.24) is 14.5 Å². The number of phenols is 1. The minimum absolute atomic E-state index is 0. The summed E-state index contributed by atoms with van der Waals surface area (Å²) in [5.74, 6) is 0.869. The number of imidazole rings is 1. The Hall–Kier alpha value is -5.57. The van der Waals surface area contributed by atoms with Gasteiger partial charge in [0.2, 0.25) is 0 Å². The van der Waals surface area contributed by atoms with Crippen LogP contribution in [0.1, 0.15) is 115 Å². The molecule has 4 nitrogen and oxygen atoms in total. The number of benzene rings is 6. The molecule has 64 heavy (non-hydrogen) atoms. The average molecular weight is 1030 g/mol. The second-order valence-corrected chi connectivity index (χ2v) is 21.2. The van der Waals surface area contributed by atoms with Gasteiger partial charge in [0.05, 0.1) is 22.3 Å². The molecule has 330 valence electrons. The molecule has 2 aromatic heterocycles. The fraction of sp³-hybridized carbons (Fsp3) is 0.288. The van der Waals surface area contributed by atoms with Crippen molar-refractivity contribution in [3.8, 4) is 67.5 Å². The second kappa shape index (κ2) is 17.1. The fourth-order valence-corrected chi connectivity index (χ4v) is 8.34. The summed E-state index contributed by atoms with van der Waals surface area (Å²) < 4.78 is 26.3. The summed E-state index contributed by atoms with van der Waals surface area (Å²) in [4.78, 5) is 10.5. The summed E-state index contributed by atoms with van der Waals surface area (Å²) in [6, 6.07) is 47.1. The molecule has 8 aromatic rings. The van der Waals surface area contributed by atoms with Crippen LogP contribution in [0.15, 0.2) is 134 Å². The van der Waals surface area contributed by atoms with Gasteiger partial charge in [0.15, 0.2) is 0 Å². The molecule has 1 N–H and O–H groups in total. The SMILES string of the molecule is [2H]C([2H])([2H])c1cccc(-c2ccnc(-c3[c-]c(-c4cccc5c4nc(-c4cc(C(C)(C)C)cc(C(C)(C)C)c4O)n5-c4ccc(C(C)(C)C)cc4-c4ccccc4)cc(C(C)(C)C)c3)c2)c1.[Pt]. The van der Waals surface area contributed by atoms with Crippen molar-refractivity contribution in [2.45, 2.75) is 112 Å². The van der Waals surface area contributed by atoms with Gasteiger partial charge in [0.1, 0.15) is 11.6 Å². The number of pyridine rings is 1. The van der Waals surface area contributed by atoms with Gasteiger partial charge in [-0.05, 0) is 86.7 Å². The molecular weight excluding hydrogens is 962 g/mol. The number of aryl methyl sites for hydroxylation is 1. The molecule has 0 spiro atoms. The zero-order chi connectivity index (χ0) is 47.7. The van der Waals surface area contributed by atoms with E-state index in [2.05, 4.69) is 179 Å². The first-order valence-corrected chi connectivity index (χ1v) is 22.0. The molecule has 0 aliphatic carbocycles. The Balaban J connectivity index is 0.00000666. The van der Waals surface area contributed by atoms with E-state index in [0.29, 0.717) is 17.0 Å². The van der Waals surface area contributed by atoms with Crippen LogP contribution in [0.4, 0.5) is 0 Å². The quantitative estimate of drug-likeness (QED) is 0.169. The molecule has 0 unspecified atom stereocenters. The number of phenolic OH excluding ortho intramolecular Hbond substituents is 1. The van der Waals surface area contributed by atoms with E-state index in [9.17, 15) is 5.11 Å². The number of aromatic nitrogens is 3. The van der Waals surface area contributed by atoms with Crippen LogP contribution in [0.25, 0.3) is 72.7 Å². The van der Waals surface area contributed by atoms with Gasteiger partial charge in [-0.3, -0.25) is 9.55 Å². The molecule has 6 aromatic carbocycles. The Bertz CT molecular complexity index is 3120. The molecule has 0 aliphatic rings. The summed E-state index contributed by atoms with van der Waals surface area (Å²) in [7, 11) is 0. The summed E-state index contributed by atoms with van der Waals surface area (Å²) in [5.41, 5.74) is 14.1. The maximum Gasteiger partial charge on any atom is 0.148 e. The maximum absolute atomic E-state index is 12.5. The Morgan fingerprint density at radius 3 is 1.84 bits per heavy atom. The van der Waals surface area contributed by atoms with Gasteiger partial charge in [0, 0.05) is 48.2 Å². The molecule has 0 radical (unpaired) electrons. The van der Waals surface area contributed by atoms with Crippen molar-refractivity contribution in [2.75, 3.05) is 0 Å². The van der Waals surface area contributed by atoms with E-state index in [-0.39, 0.29) is 48.5 Å². The third-order valence-electron chi connectivity index (χ3n) is 12.2. The predicted molar refractivity (Wildman–Crippen MR) is 266 cm³/mol. The molecule has 0 bridgehead atoms. The van der Waals surface area contributed by atoms with Crippen molar-refractivity contribution < 1.29 is 30.3 Å². The monoisotopic (exact) mass is 1030 g/mol. The van der Waals surface area contributed by atoms with Crippen LogP contribution in [-0.4, -0.2) is 19.6 Å². The summed E-state index contributed by atoms with van der Waals surface area (Å²) in [6.07, 6.45) is 1.78. The number of nitrogens with zero attached hydrogens (tertiary/aromatic N) is 3. The fourth-order valence-electron chi connectivity index (χ4n) is 8.34. The van der Waals surface area contributed by atoms with Crippen LogP contribution in [0.3, 0.4) is 0 Å². The maximum atomic E-state index is 12.5. The summed E-state index contributed by atoms with van der Waals surface area (Å²) in [6.45, 7) is 24.2. The van der Waals surface area contributed by atoms with E-state index in [1.165, 1.54) is 5.56 Å². The first-order chi connectivity index (χ1) is 30.8. The normalized spacial score (nSPS) is 13.3. The minimum Gasteiger partial charge on any atom is -0.507 e. The predicted octanol–water partition coefficient (Wildman–Crippen LogP) is 15.8. The third-order valence-corrected chi connectivity index (χ3v) is 12.2. The number of rotatable bonds is 6. The Labute approximate surface area is 400 Å². The topological polar surface area (TPSA) is 50.9 Å². The Kier molecular flexibility index (Phi) is 11.3. The van der Waals surface area contributed by atoms with Crippen LogP contribution in [0.2, 0.25) is 0 Å². The number of para-hydroxylation sites is 1. The zero-order valence-electron chi connectivity index (χ0n) is 42.3. The number of fused-ring (bicyclic) bond motifs is 1. The molecule has 0 saturated carbocycles. The van der Waals surface area contributed by atoms with Crippen LogP contribution < -0.4 is 0 Å². The van der Waals surface area contributed by atoms with Crippen molar-refractivity contribution in [1.29, 1.82) is 0 Å². The van der Waals surface area contributed by atoms with E-state index in [1.54, 1.807) is 24.4 Å². The Morgan fingerprint density at radius 2 is 1.17 bits per heavy atom. The van der Waals surface area contributed by atoms with Gasteiger partial charge < -0.3 is 5.11 Å². The standard InChI is InChI=1S/C59H62N3O.Pt/c1-37-19-17-22-39(29-37)40-27-28-60-50(33-40)42-30-41(31-44(32-42)57(5,6)7)46-23-18-24-52-53(46)61-55(48-35-45(58(8,9)10)36-49(54(48)63)59(11,12)13)62(52)51-26-25-43(56(2,3)4)34-47(51)38-20-15-14-16-21-38;/h14-29,31-36,63H,1-13H3;/q-1;/i1D3;. The largest absolute Gasteiger partial charge is 0.507 e. The summed E-state index contributed by atoms with van der Waals surface area (Å²) in [5, 5.41) is 12.5. The van der Waals surface area contributed by atoms with E-state index < -0.39 is 6.85 Å². The van der Waals surface area contributed by atoms with Crippen molar-refractivity contribution in [3.05, 3.63) is 167 Å². The first kappa shape index (κ1) is 42.4. The Morgan fingerprint density at radius 1 is 0.547 bits per heavy atom. The van der Waals surface area contributed by atoms with Gasteiger partial charge in [-0.15, -0.1) is 29.3 Å². The zero-order valence-corrected chi connectivity index (χ0v) is 41.6. The number of hydrogen-bond donors (Lipinski definition) is 1. The van der Waals surface area contributed by atoms with Crippen LogP contribution in [0.5, 0.6) is 5.75 Å². The van der Waals surface area contributed by atoms with E-state index in [4.69, 9.17) is 14.1 Å². The molecule has 5 heteroatoms. The van der Waals surface area contributed by atoms with Crippen molar-refractivity contribution >= 4 is 11.0 Å². The minimum atomic E-state index is -2.22. The van der Waals surface area contributed by atoms with Crippen LogP contribution >= 0.6 is 0 Å². The molecule has 2 heterocycles. The molecule has 0 aliphatic heterocycles. The summed E-state index contributed by atoms with van der Waals surface area (Å²) >= 11 is 0. The first-order valence-electron chi connectivity index (χ1n) is 23.5. The van der Waals surface area contributed by atoms with E-state index in [1.807, 2.05) is 24.3 Å². The average Bonchev–Trinajstić information content (AvgIpc) is 3.64. The number of hydrogen-bond acceptors (Lipinski definition) is 3. The van der Waals surface area contributed by atoms with Gasteiger partial charge in [0.25, 0.3) is 0 Å². The van der Waals surface area contributed by atoms with Crippen LogP contribution in [-0.2, 0) is 42.7 Å². The molecular formula is C59H62N3OPt-. The molecule has 0 fully saturated rings. The third kappa shape index (κ3) is 9.18. The van der Waals surface area contributed by atoms with Crippen molar-refractivity contribution in [3.63, 3.8) is 0 Å². The van der Waals surface area contributed by atoms with Gasteiger partial charge in [-0.25, -0.2) is 4.98 Å². The molecule has 0 atom stereocenters. The van der Waals surface area contributed by atoms with E-state index >= 15 is 0 Å². The van der Waals surface area contributed by atoms with Gasteiger partial charge >= 0.3 is 0 Å². The van der Waals surface area contributed by atoms with Crippen LogP contribution in [0, 0.1) is 12.9 Å². The van der Waals surface area contributed by atoms with Crippen molar-refractivity contribution in [2.24, 2.45) is 0 Å². The molecule has 8 rings (SSSR count). The molecule has 0 saturated heterocycles. The second-order valence-electron chi connectivity index (χ2n) is 21.2. The van der Waals surface area contributed by atoms with Gasteiger partial charge in [-0.1, -0.05) is 185 Å². The molecule has 0 amide bonds.